The van der Waals surface area contributed by atoms with Crippen molar-refractivity contribution in [3.05, 3.63) is 22.9 Å². The van der Waals surface area contributed by atoms with Crippen molar-refractivity contribution in [3.63, 3.8) is 0 Å². The second kappa shape index (κ2) is 5.70. The van der Waals surface area contributed by atoms with Crippen molar-refractivity contribution >= 4 is 15.9 Å². The Balaban J connectivity index is 3.48. The Morgan fingerprint density at radius 2 is 1.70 bits per heavy atom. The highest BCUT2D eigenvalue weighted by molar-refractivity contribution is 9.08. The predicted molar refractivity (Wildman–Crippen MR) is 53.5 cm³/mol. The monoisotopic (exact) mass is 373 g/mol. The number of pyridine rings is 1. The van der Waals surface area contributed by atoms with E-state index in [4.69, 9.17) is 0 Å². The molecular weight excluding hydrogens is 370 g/mol. The number of ether oxygens (including phenoxy) is 1. The lowest BCUT2D eigenvalue weighted by Gasteiger charge is -2.17. The van der Waals surface area contributed by atoms with E-state index < -0.39 is 47.0 Å². The highest BCUT2D eigenvalue weighted by atomic mass is 79.9. The van der Waals surface area contributed by atoms with E-state index >= 15 is 0 Å². The Hall–Kier alpha value is -1.13. The molecule has 0 aliphatic rings. The van der Waals surface area contributed by atoms with E-state index in [9.17, 15) is 35.1 Å². The predicted octanol–water partition coefficient (Wildman–Crippen LogP) is 4.83. The second-order valence-electron chi connectivity index (χ2n) is 3.36. The van der Waals surface area contributed by atoms with Gasteiger partial charge in [-0.3, -0.25) is 0 Å². The number of aromatic nitrogens is 1. The zero-order valence-electron chi connectivity index (χ0n) is 9.12. The van der Waals surface area contributed by atoms with E-state index in [0.29, 0.717) is 6.07 Å². The molecule has 0 radical (unpaired) electrons. The Morgan fingerprint density at radius 3 is 2.05 bits per heavy atom. The first-order chi connectivity index (χ1) is 8.95. The molecule has 2 nitrogen and oxygen atoms in total. The van der Waals surface area contributed by atoms with Crippen LogP contribution in [0.5, 0.6) is 5.88 Å². The molecule has 1 rings (SSSR count). The molecule has 0 unspecified atom stereocenters. The first-order valence-electron chi connectivity index (χ1n) is 4.66. The quantitative estimate of drug-likeness (QED) is 0.559. The van der Waals surface area contributed by atoms with E-state index in [1.165, 1.54) is 0 Å². The van der Waals surface area contributed by atoms with Gasteiger partial charge in [0.15, 0.2) is 5.69 Å². The zero-order valence-corrected chi connectivity index (χ0v) is 10.7. The van der Waals surface area contributed by atoms with E-state index in [1.807, 2.05) is 0 Å². The molecule has 0 atom stereocenters. The minimum atomic E-state index is -5.34. The molecule has 1 aromatic rings. The van der Waals surface area contributed by atoms with Crippen LogP contribution in [0.3, 0.4) is 0 Å². The van der Waals surface area contributed by atoms with Crippen LogP contribution < -0.4 is 4.74 Å². The summed E-state index contributed by atoms with van der Waals surface area (Å²) in [5.74, 6) is -1.45. The number of halogens is 9. The van der Waals surface area contributed by atoms with Gasteiger partial charge in [0.1, 0.15) is 0 Å². The van der Waals surface area contributed by atoms with Crippen molar-refractivity contribution in [2.45, 2.75) is 24.3 Å². The van der Waals surface area contributed by atoms with Crippen LogP contribution in [-0.2, 0) is 11.5 Å². The van der Waals surface area contributed by atoms with Gasteiger partial charge in [0, 0.05) is 11.4 Å². The summed E-state index contributed by atoms with van der Waals surface area (Å²) in [6.45, 7) is 0. The Kier molecular flexibility index (Phi) is 4.82. The van der Waals surface area contributed by atoms with Crippen LogP contribution in [0, 0.1) is 0 Å². The molecule has 0 aliphatic carbocycles. The fourth-order valence-electron chi connectivity index (χ4n) is 1.32. The van der Waals surface area contributed by atoms with Gasteiger partial charge in [0.05, 0.1) is 5.56 Å². The minimum Gasteiger partial charge on any atom is -0.388 e. The van der Waals surface area contributed by atoms with Gasteiger partial charge in [0.2, 0.25) is 5.88 Å². The molecule has 0 fully saturated rings. The van der Waals surface area contributed by atoms with Crippen molar-refractivity contribution in [2.75, 3.05) is 0 Å². The summed E-state index contributed by atoms with van der Waals surface area (Å²) in [7, 11) is 0. The van der Waals surface area contributed by atoms with Crippen LogP contribution in [0.4, 0.5) is 35.1 Å². The molecule has 0 spiro atoms. The van der Waals surface area contributed by atoms with E-state index in [0.717, 1.165) is 0 Å². The van der Waals surface area contributed by atoms with Crippen LogP contribution in [0.1, 0.15) is 23.2 Å². The third kappa shape index (κ3) is 4.18. The molecule has 0 aromatic carbocycles. The molecule has 0 N–H and O–H groups in total. The molecule has 1 heterocycles. The molecule has 1 aromatic heterocycles. The Morgan fingerprint density at radius 1 is 1.15 bits per heavy atom. The minimum absolute atomic E-state index is 0.374. The highest BCUT2D eigenvalue weighted by Gasteiger charge is 2.41. The van der Waals surface area contributed by atoms with Gasteiger partial charge in [-0.1, -0.05) is 15.9 Å². The summed E-state index contributed by atoms with van der Waals surface area (Å²) in [4.78, 5) is 2.49. The van der Waals surface area contributed by atoms with Crippen LogP contribution in [0.25, 0.3) is 0 Å². The maximum atomic E-state index is 12.7. The largest absolute Gasteiger partial charge is 0.574 e. The van der Waals surface area contributed by atoms with Gasteiger partial charge in [-0.15, -0.1) is 13.2 Å². The summed E-state index contributed by atoms with van der Waals surface area (Å²) < 4.78 is 102. The summed E-state index contributed by atoms with van der Waals surface area (Å²) in [6, 6.07) is 0.374. The third-order valence-electron chi connectivity index (χ3n) is 1.97. The topological polar surface area (TPSA) is 22.1 Å². The summed E-state index contributed by atoms with van der Waals surface area (Å²) in [6.07, 6.45) is -14.2. The van der Waals surface area contributed by atoms with E-state index in [1.54, 1.807) is 0 Å². The molecule has 114 valence electrons. The standard InChI is InChI=1S/C9H4BrF8NO/c10-2-3-1-4(20-9(16,17)18)19-6(8(13,14)15)5(3)7(11)12/h1,7H,2H2. The van der Waals surface area contributed by atoms with Gasteiger partial charge in [-0.25, -0.2) is 13.8 Å². The van der Waals surface area contributed by atoms with Gasteiger partial charge in [0.25, 0.3) is 6.43 Å². The average Bonchev–Trinajstić information content (AvgIpc) is 2.23. The highest BCUT2D eigenvalue weighted by Crippen LogP contribution is 2.39. The second-order valence-corrected chi connectivity index (χ2v) is 3.92. The normalized spacial score (nSPS) is 12.9. The van der Waals surface area contributed by atoms with Gasteiger partial charge in [-0.2, -0.15) is 13.2 Å². The molecule has 0 aliphatic heterocycles. The van der Waals surface area contributed by atoms with Gasteiger partial charge < -0.3 is 4.74 Å². The SMILES string of the molecule is FC(F)c1c(CBr)cc(OC(F)(F)F)nc1C(F)(F)F. The van der Waals surface area contributed by atoms with Crippen molar-refractivity contribution in [1.82, 2.24) is 4.98 Å². The summed E-state index contributed by atoms with van der Waals surface area (Å²) in [5, 5.41) is -0.521. The van der Waals surface area contributed by atoms with E-state index in [-0.39, 0.29) is 0 Å². The Labute approximate surface area is 114 Å². The molecule has 20 heavy (non-hydrogen) atoms. The first kappa shape index (κ1) is 16.9. The van der Waals surface area contributed by atoms with Gasteiger partial charge >= 0.3 is 12.5 Å². The molecular formula is C9H4BrF8NO. The lowest BCUT2D eigenvalue weighted by atomic mass is 10.1. The lowest BCUT2D eigenvalue weighted by Crippen LogP contribution is -2.21. The van der Waals surface area contributed by atoms with Crippen LogP contribution >= 0.6 is 15.9 Å². The van der Waals surface area contributed by atoms with E-state index in [2.05, 4.69) is 25.7 Å². The van der Waals surface area contributed by atoms with Crippen molar-refractivity contribution in [2.24, 2.45) is 0 Å². The third-order valence-corrected chi connectivity index (χ3v) is 2.58. The maximum absolute atomic E-state index is 12.7. The smallest absolute Gasteiger partial charge is 0.388 e. The number of hydrogen-bond acceptors (Lipinski definition) is 2. The number of rotatable bonds is 3. The molecule has 0 amide bonds. The first-order valence-corrected chi connectivity index (χ1v) is 5.78. The van der Waals surface area contributed by atoms with Crippen molar-refractivity contribution < 1.29 is 39.9 Å². The lowest BCUT2D eigenvalue weighted by molar-refractivity contribution is -0.276. The molecule has 11 heteroatoms. The number of alkyl halides is 9. The summed E-state index contributed by atoms with van der Waals surface area (Å²) >= 11 is 2.63. The molecule has 0 bridgehead atoms. The fraction of sp³-hybridized carbons (Fsp3) is 0.444. The van der Waals surface area contributed by atoms with Gasteiger partial charge in [-0.05, 0) is 5.56 Å². The zero-order chi connectivity index (χ0) is 15.7. The van der Waals surface area contributed by atoms with Crippen LogP contribution in [0.15, 0.2) is 6.07 Å². The van der Waals surface area contributed by atoms with Crippen molar-refractivity contribution in [1.29, 1.82) is 0 Å². The van der Waals surface area contributed by atoms with Crippen LogP contribution in [-0.4, -0.2) is 11.3 Å². The molecule has 0 saturated carbocycles. The summed E-state index contributed by atoms with van der Waals surface area (Å²) in [5.41, 5.74) is -4.28. The number of nitrogens with zero attached hydrogens (tertiary/aromatic N) is 1. The Bertz CT molecular complexity index is 484. The van der Waals surface area contributed by atoms with Crippen molar-refractivity contribution in [3.8, 4) is 5.88 Å². The number of hydrogen-bond donors (Lipinski definition) is 0. The molecule has 0 saturated heterocycles. The fourth-order valence-corrected chi connectivity index (χ4v) is 1.79. The maximum Gasteiger partial charge on any atom is 0.574 e. The van der Waals surface area contributed by atoms with Crippen LogP contribution in [0.2, 0.25) is 0 Å². The average molecular weight is 374 g/mol.